The molecular formula is C18H22ClN3O2. The first kappa shape index (κ1) is 18.2. The largest absolute Gasteiger partial charge is 0.507 e. The van der Waals surface area contributed by atoms with E-state index in [2.05, 4.69) is 10.3 Å². The summed E-state index contributed by atoms with van der Waals surface area (Å²) in [4.78, 5) is 15.4. The van der Waals surface area contributed by atoms with Crippen molar-refractivity contribution in [2.24, 2.45) is 0 Å². The predicted molar refractivity (Wildman–Crippen MR) is 97.6 cm³/mol. The number of nitrogen functional groups attached to an aromatic ring is 1. The molecule has 0 aliphatic carbocycles. The monoisotopic (exact) mass is 347 g/mol. The molecule has 1 saturated heterocycles. The molecule has 0 radical (unpaired) electrons. The number of carbonyl (C=O) groups is 1. The van der Waals surface area contributed by atoms with Crippen LogP contribution in [-0.4, -0.2) is 29.5 Å². The van der Waals surface area contributed by atoms with Gasteiger partial charge in [0.15, 0.2) is 0 Å². The molecule has 0 spiro atoms. The number of aromatic hydroxyl groups is 1. The molecule has 1 aromatic heterocycles. The van der Waals surface area contributed by atoms with Crippen LogP contribution >= 0.6 is 12.4 Å². The average molecular weight is 348 g/mol. The number of phenolic OH excluding ortho intramolecular Hbond substituents is 1. The number of phenols is 1. The van der Waals surface area contributed by atoms with Gasteiger partial charge in [-0.3, -0.25) is 0 Å². The van der Waals surface area contributed by atoms with Crippen LogP contribution in [0.25, 0.3) is 11.3 Å². The summed E-state index contributed by atoms with van der Waals surface area (Å²) in [7, 11) is 0. The highest BCUT2D eigenvalue weighted by Gasteiger charge is 2.22. The van der Waals surface area contributed by atoms with Gasteiger partial charge in [0.05, 0.1) is 5.69 Å². The standard InChI is InChI=1S/C18H21N3O2.ClH/c19-18-13(7-9-22)15(12-4-3-8-20-11-12)10-16(21-18)14-5-1-2-6-17(14)23;/h1-2,5-6,9-10,12,20,23H,3-4,7-8,11H2,(H2,19,21);1H. The maximum Gasteiger partial charge on any atom is 0.128 e. The van der Waals surface area contributed by atoms with Crippen molar-refractivity contribution in [2.45, 2.75) is 25.2 Å². The first-order valence-corrected chi connectivity index (χ1v) is 7.92. The van der Waals surface area contributed by atoms with Crippen LogP contribution in [-0.2, 0) is 11.2 Å². The SMILES string of the molecule is Cl.Nc1nc(-c2ccccc2O)cc(C2CCCNC2)c1CC=O. The maximum atomic E-state index is 11.0. The topological polar surface area (TPSA) is 88.2 Å². The highest BCUT2D eigenvalue weighted by atomic mass is 35.5. The molecule has 3 rings (SSSR count). The Kier molecular flexibility index (Phi) is 6.17. The number of nitrogens with one attached hydrogen (secondary N) is 1. The minimum Gasteiger partial charge on any atom is -0.507 e. The molecule has 128 valence electrons. The summed E-state index contributed by atoms with van der Waals surface area (Å²) in [6.45, 7) is 1.89. The number of halogens is 1. The summed E-state index contributed by atoms with van der Waals surface area (Å²) >= 11 is 0. The van der Waals surface area contributed by atoms with Crippen molar-refractivity contribution < 1.29 is 9.90 Å². The lowest BCUT2D eigenvalue weighted by Crippen LogP contribution is -2.29. The molecule has 6 heteroatoms. The van der Waals surface area contributed by atoms with E-state index < -0.39 is 0 Å². The molecule has 4 N–H and O–H groups in total. The van der Waals surface area contributed by atoms with E-state index in [1.54, 1.807) is 12.1 Å². The Labute approximate surface area is 147 Å². The number of benzene rings is 1. The lowest BCUT2D eigenvalue weighted by Gasteiger charge is -2.26. The Morgan fingerprint density at radius 1 is 1.38 bits per heavy atom. The molecule has 2 aromatic rings. The van der Waals surface area contributed by atoms with E-state index in [-0.39, 0.29) is 24.6 Å². The quantitative estimate of drug-likeness (QED) is 0.740. The van der Waals surface area contributed by atoms with E-state index >= 15 is 0 Å². The minimum atomic E-state index is 0. The first-order chi connectivity index (χ1) is 11.2. The number of hydrogen-bond acceptors (Lipinski definition) is 5. The van der Waals surface area contributed by atoms with Gasteiger partial charge < -0.3 is 21.0 Å². The van der Waals surface area contributed by atoms with Crippen molar-refractivity contribution in [3.63, 3.8) is 0 Å². The normalized spacial score (nSPS) is 17.1. The van der Waals surface area contributed by atoms with Crippen molar-refractivity contribution in [3.8, 4) is 17.0 Å². The fourth-order valence-electron chi connectivity index (χ4n) is 3.23. The van der Waals surface area contributed by atoms with Gasteiger partial charge in [-0.1, -0.05) is 12.1 Å². The number of nitrogens with zero attached hydrogens (tertiary/aromatic N) is 1. The zero-order valence-electron chi connectivity index (χ0n) is 13.4. The highest BCUT2D eigenvalue weighted by molar-refractivity contribution is 5.85. The summed E-state index contributed by atoms with van der Waals surface area (Å²) in [5, 5.41) is 13.5. The molecule has 1 fully saturated rings. The fourth-order valence-corrected chi connectivity index (χ4v) is 3.23. The molecular weight excluding hydrogens is 326 g/mol. The number of carbonyl (C=O) groups excluding carboxylic acids is 1. The van der Waals surface area contributed by atoms with Crippen LogP contribution in [0.3, 0.4) is 0 Å². The number of nitrogens with two attached hydrogens (primary N) is 1. The second kappa shape index (κ2) is 8.13. The van der Waals surface area contributed by atoms with E-state index in [1.165, 1.54) is 0 Å². The summed E-state index contributed by atoms with van der Waals surface area (Å²) in [6.07, 6.45) is 3.29. The van der Waals surface area contributed by atoms with Crippen LogP contribution in [0.5, 0.6) is 5.75 Å². The third kappa shape index (κ3) is 3.68. The second-order valence-electron chi connectivity index (χ2n) is 5.89. The Morgan fingerprint density at radius 2 is 2.17 bits per heavy atom. The van der Waals surface area contributed by atoms with Gasteiger partial charge in [-0.15, -0.1) is 12.4 Å². The Hall–Kier alpha value is -2.11. The number of piperidine rings is 1. The van der Waals surface area contributed by atoms with Gasteiger partial charge in [-0.2, -0.15) is 0 Å². The average Bonchev–Trinajstić information content (AvgIpc) is 2.58. The van der Waals surface area contributed by atoms with E-state index in [1.807, 2.05) is 18.2 Å². The number of anilines is 1. The molecule has 0 amide bonds. The maximum absolute atomic E-state index is 11.0. The van der Waals surface area contributed by atoms with Gasteiger partial charge in [0.25, 0.3) is 0 Å². The van der Waals surface area contributed by atoms with Gasteiger partial charge in [-0.05, 0) is 49.1 Å². The molecule has 2 heterocycles. The van der Waals surface area contributed by atoms with Crippen LogP contribution < -0.4 is 11.1 Å². The molecule has 1 aromatic carbocycles. The van der Waals surface area contributed by atoms with Crippen LogP contribution in [0, 0.1) is 0 Å². The molecule has 1 aliphatic heterocycles. The third-order valence-electron chi connectivity index (χ3n) is 4.39. The van der Waals surface area contributed by atoms with E-state index in [0.29, 0.717) is 23.0 Å². The lowest BCUT2D eigenvalue weighted by molar-refractivity contribution is -0.107. The smallest absolute Gasteiger partial charge is 0.128 e. The minimum absolute atomic E-state index is 0. The number of aldehydes is 1. The lowest BCUT2D eigenvalue weighted by atomic mass is 9.87. The summed E-state index contributed by atoms with van der Waals surface area (Å²) in [5.74, 6) is 0.863. The van der Waals surface area contributed by atoms with Gasteiger partial charge in [0.1, 0.15) is 17.9 Å². The van der Waals surface area contributed by atoms with Gasteiger partial charge in [0.2, 0.25) is 0 Å². The Bertz CT molecular complexity index is 715. The van der Waals surface area contributed by atoms with Crippen LogP contribution in [0.2, 0.25) is 0 Å². The van der Waals surface area contributed by atoms with Crippen LogP contribution in [0.4, 0.5) is 5.82 Å². The van der Waals surface area contributed by atoms with Crippen molar-refractivity contribution in [2.75, 3.05) is 18.8 Å². The van der Waals surface area contributed by atoms with Crippen molar-refractivity contribution in [1.29, 1.82) is 0 Å². The number of rotatable bonds is 4. The molecule has 0 bridgehead atoms. The highest BCUT2D eigenvalue weighted by Crippen LogP contribution is 2.35. The fraction of sp³-hybridized carbons (Fsp3) is 0.333. The van der Waals surface area contributed by atoms with Crippen LogP contribution in [0.1, 0.15) is 29.9 Å². The van der Waals surface area contributed by atoms with Gasteiger partial charge in [0, 0.05) is 24.1 Å². The Balaban J connectivity index is 0.00000208. The van der Waals surface area contributed by atoms with Gasteiger partial charge in [-0.25, -0.2) is 4.98 Å². The third-order valence-corrected chi connectivity index (χ3v) is 4.39. The second-order valence-corrected chi connectivity index (χ2v) is 5.89. The number of hydrogen-bond donors (Lipinski definition) is 3. The molecule has 0 saturated carbocycles. The van der Waals surface area contributed by atoms with E-state index in [9.17, 15) is 9.90 Å². The summed E-state index contributed by atoms with van der Waals surface area (Å²) in [6, 6.07) is 9.05. The molecule has 1 unspecified atom stereocenters. The zero-order valence-corrected chi connectivity index (χ0v) is 14.2. The molecule has 1 aliphatic rings. The molecule has 5 nitrogen and oxygen atoms in total. The summed E-state index contributed by atoms with van der Waals surface area (Å²) < 4.78 is 0. The van der Waals surface area contributed by atoms with E-state index in [0.717, 1.165) is 43.3 Å². The zero-order chi connectivity index (χ0) is 16.2. The Morgan fingerprint density at radius 3 is 2.83 bits per heavy atom. The summed E-state index contributed by atoms with van der Waals surface area (Å²) in [5.41, 5.74) is 9.31. The van der Waals surface area contributed by atoms with Crippen molar-refractivity contribution in [1.82, 2.24) is 10.3 Å². The number of pyridine rings is 1. The van der Waals surface area contributed by atoms with E-state index in [4.69, 9.17) is 5.73 Å². The predicted octanol–water partition coefficient (Wildman–Crippen LogP) is 2.67. The van der Waals surface area contributed by atoms with Crippen LogP contribution in [0.15, 0.2) is 30.3 Å². The number of para-hydroxylation sites is 1. The van der Waals surface area contributed by atoms with Crippen molar-refractivity contribution in [3.05, 3.63) is 41.5 Å². The molecule has 24 heavy (non-hydrogen) atoms. The van der Waals surface area contributed by atoms with Crippen molar-refractivity contribution >= 4 is 24.5 Å². The number of aromatic nitrogens is 1. The first-order valence-electron chi connectivity index (χ1n) is 7.92. The van der Waals surface area contributed by atoms with Gasteiger partial charge >= 0.3 is 0 Å². The molecule has 1 atom stereocenters.